The van der Waals surface area contributed by atoms with Crippen LogP contribution in [-0.4, -0.2) is 40.0 Å². The van der Waals surface area contributed by atoms with E-state index in [1.165, 1.54) is 24.3 Å². The number of aliphatic hydroxyl groups excluding tert-OH is 2. The Morgan fingerprint density at radius 1 is 1.25 bits per heavy atom. The Balaban J connectivity index is 2.66. The van der Waals surface area contributed by atoms with E-state index in [1.54, 1.807) is 0 Å². The molecule has 0 aliphatic carbocycles. The molecule has 0 aliphatic rings. The van der Waals surface area contributed by atoms with Gasteiger partial charge in [0.05, 0.1) is 12.2 Å². The zero-order valence-corrected chi connectivity index (χ0v) is 8.16. The standard InChI is InChI=1S/C10H10O6/c11-5-8(13)10(15)16-9(14)6-1-3-7(12)4-2-6/h1-4,8,11-13H,5H2. The summed E-state index contributed by atoms with van der Waals surface area (Å²) in [5.41, 5.74) is 0.0521. The number of aliphatic hydroxyl groups is 2. The molecule has 0 amide bonds. The number of hydrogen-bond acceptors (Lipinski definition) is 6. The van der Waals surface area contributed by atoms with Crippen molar-refractivity contribution in [2.75, 3.05) is 6.61 Å². The third-order valence-corrected chi connectivity index (χ3v) is 1.74. The fraction of sp³-hybridized carbons (Fsp3) is 0.200. The molecule has 6 nitrogen and oxygen atoms in total. The van der Waals surface area contributed by atoms with Crippen LogP contribution >= 0.6 is 0 Å². The summed E-state index contributed by atoms with van der Waals surface area (Å²) in [5, 5.41) is 26.2. The van der Waals surface area contributed by atoms with Crippen LogP contribution < -0.4 is 0 Å². The van der Waals surface area contributed by atoms with E-state index in [9.17, 15) is 9.59 Å². The Bertz CT molecular complexity index is 383. The number of carbonyl (C=O) groups excluding carboxylic acids is 2. The van der Waals surface area contributed by atoms with Crippen molar-refractivity contribution in [1.29, 1.82) is 0 Å². The van der Waals surface area contributed by atoms with E-state index in [-0.39, 0.29) is 11.3 Å². The monoisotopic (exact) mass is 226 g/mol. The van der Waals surface area contributed by atoms with Crippen molar-refractivity contribution >= 4 is 11.9 Å². The van der Waals surface area contributed by atoms with Gasteiger partial charge in [0, 0.05) is 0 Å². The maximum absolute atomic E-state index is 11.3. The minimum atomic E-state index is -1.74. The van der Waals surface area contributed by atoms with Crippen LogP contribution in [0.25, 0.3) is 0 Å². The second-order valence-electron chi connectivity index (χ2n) is 2.95. The largest absolute Gasteiger partial charge is 0.508 e. The predicted octanol–water partition coefficient (Wildman–Crippen LogP) is -0.571. The molecule has 0 saturated heterocycles. The smallest absolute Gasteiger partial charge is 0.345 e. The topological polar surface area (TPSA) is 104 Å². The normalized spacial score (nSPS) is 11.9. The third-order valence-electron chi connectivity index (χ3n) is 1.74. The number of carbonyl (C=O) groups is 2. The molecule has 86 valence electrons. The van der Waals surface area contributed by atoms with Crippen LogP contribution in [0.4, 0.5) is 0 Å². The lowest BCUT2D eigenvalue weighted by Crippen LogP contribution is -2.28. The van der Waals surface area contributed by atoms with Crippen molar-refractivity contribution in [2.24, 2.45) is 0 Å². The first-order valence-electron chi connectivity index (χ1n) is 4.38. The van der Waals surface area contributed by atoms with Crippen LogP contribution in [0.1, 0.15) is 10.4 Å². The molecule has 6 heteroatoms. The fourth-order valence-corrected chi connectivity index (χ4v) is 0.890. The third kappa shape index (κ3) is 3.04. The lowest BCUT2D eigenvalue weighted by Gasteiger charge is -2.06. The summed E-state index contributed by atoms with van der Waals surface area (Å²) in [7, 11) is 0. The van der Waals surface area contributed by atoms with E-state index < -0.39 is 24.6 Å². The van der Waals surface area contributed by atoms with Crippen LogP contribution in [-0.2, 0) is 9.53 Å². The summed E-state index contributed by atoms with van der Waals surface area (Å²) in [6.45, 7) is -0.818. The quantitative estimate of drug-likeness (QED) is 0.471. The van der Waals surface area contributed by atoms with Crippen molar-refractivity contribution in [2.45, 2.75) is 6.10 Å². The van der Waals surface area contributed by atoms with Gasteiger partial charge in [-0.15, -0.1) is 0 Å². The molecule has 1 aromatic rings. The van der Waals surface area contributed by atoms with Crippen LogP contribution in [0.3, 0.4) is 0 Å². The van der Waals surface area contributed by atoms with Gasteiger partial charge >= 0.3 is 11.9 Å². The lowest BCUT2D eigenvalue weighted by molar-refractivity contribution is -0.149. The number of benzene rings is 1. The molecular formula is C10H10O6. The first kappa shape index (κ1) is 12.2. The van der Waals surface area contributed by atoms with Gasteiger partial charge in [0.1, 0.15) is 5.75 Å². The highest BCUT2D eigenvalue weighted by atomic mass is 16.6. The minimum absolute atomic E-state index is 0.0294. The number of hydrogen-bond donors (Lipinski definition) is 3. The van der Waals surface area contributed by atoms with Gasteiger partial charge < -0.3 is 20.1 Å². The van der Waals surface area contributed by atoms with Gasteiger partial charge in [-0.25, -0.2) is 9.59 Å². The fourth-order valence-electron chi connectivity index (χ4n) is 0.890. The molecule has 0 fully saturated rings. The number of rotatable bonds is 3. The first-order chi connectivity index (χ1) is 7.54. The van der Waals surface area contributed by atoms with Gasteiger partial charge in [0.25, 0.3) is 0 Å². The van der Waals surface area contributed by atoms with Gasteiger partial charge in [-0.05, 0) is 24.3 Å². The van der Waals surface area contributed by atoms with Crippen molar-refractivity contribution < 1.29 is 29.6 Å². The maximum Gasteiger partial charge on any atom is 0.345 e. The summed E-state index contributed by atoms with van der Waals surface area (Å²) in [4.78, 5) is 22.2. The van der Waals surface area contributed by atoms with E-state index in [0.717, 1.165) is 0 Å². The van der Waals surface area contributed by atoms with E-state index in [4.69, 9.17) is 15.3 Å². The Morgan fingerprint density at radius 2 is 1.81 bits per heavy atom. The van der Waals surface area contributed by atoms with Gasteiger partial charge in [0.2, 0.25) is 0 Å². The second kappa shape index (κ2) is 5.24. The van der Waals surface area contributed by atoms with Gasteiger partial charge in [-0.2, -0.15) is 0 Å². The second-order valence-corrected chi connectivity index (χ2v) is 2.95. The Morgan fingerprint density at radius 3 is 2.31 bits per heavy atom. The zero-order chi connectivity index (χ0) is 12.1. The van der Waals surface area contributed by atoms with Crippen molar-refractivity contribution in [1.82, 2.24) is 0 Å². The SMILES string of the molecule is O=C(OC(=O)C(O)CO)c1ccc(O)cc1. The number of aromatic hydroxyl groups is 1. The molecule has 0 saturated carbocycles. The molecule has 1 rings (SSSR count). The first-order valence-corrected chi connectivity index (χ1v) is 4.38. The average molecular weight is 226 g/mol. The van der Waals surface area contributed by atoms with Crippen LogP contribution in [0.15, 0.2) is 24.3 Å². The van der Waals surface area contributed by atoms with Gasteiger partial charge in [-0.3, -0.25) is 0 Å². The summed E-state index contributed by atoms with van der Waals surface area (Å²) in [6.07, 6.45) is -1.74. The summed E-state index contributed by atoms with van der Waals surface area (Å²) < 4.78 is 4.26. The molecule has 0 spiro atoms. The number of ether oxygens (including phenoxy) is 1. The molecule has 0 aromatic heterocycles. The molecule has 0 radical (unpaired) electrons. The van der Waals surface area contributed by atoms with Crippen LogP contribution in [0.5, 0.6) is 5.75 Å². The van der Waals surface area contributed by atoms with Crippen LogP contribution in [0, 0.1) is 0 Å². The highest BCUT2D eigenvalue weighted by Crippen LogP contribution is 2.10. The molecule has 1 atom stereocenters. The Kier molecular flexibility index (Phi) is 3.98. The van der Waals surface area contributed by atoms with E-state index in [2.05, 4.69) is 4.74 Å². The Hall–Kier alpha value is -1.92. The summed E-state index contributed by atoms with van der Waals surface area (Å²) in [6, 6.07) is 5.03. The summed E-state index contributed by atoms with van der Waals surface area (Å²) in [5.74, 6) is -2.21. The number of esters is 2. The molecule has 1 unspecified atom stereocenters. The predicted molar refractivity (Wildman–Crippen MR) is 51.6 cm³/mol. The highest BCUT2D eigenvalue weighted by molar-refractivity contribution is 5.97. The minimum Gasteiger partial charge on any atom is -0.508 e. The summed E-state index contributed by atoms with van der Waals surface area (Å²) >= 11 is 0. The molecule has 16 heavy (non-hydrogen) atoms. The van der Waals surface area contributed by atoms with E-state index in [1.807, 2.05) is 0 Å². The molecule has 0 bridgehead atoms. The molecule has 0 heterocycles. The number of phenols is 1. The zero-order valence-electron chi connectivity index (χ0n) is 8.16. The van der Waals surface area contributed by atoms with E-state index >= 15 is 0 Å². The van der Waals surface area contributed by atoms with Gasteiger partial charge in [0.15, 0.2) is 6.10 Å². The molecule has 0 aliphatic heterocycles. The molecule has 3 N–H and O–H groups in total. The van der Waals surface area contributed by atoms with Crippen molar-refractivity contribution in [3.05, 3.63) is 29.8 Å². The van der Waals surface area contributed by atoms with Crippen molar-refractivity contribution in [3.63, 3.8) is 0 Å². The molecular weight excluding hydrogens is 216 g/mol. The maximum atomic E-state index is 11.3. The van der Waals surface area contributed by atoms with Crippen molar-refractivity contribution in [3.8, 4) is 5.75 Å². The van der Waals surface area contributed by atoms with Crippen LogP contribution in [0.2, 0.25) is 0 Å². The molecule has 1 aromatic carbocycles. The number of phenolic OH excluding ortho intramolecular Hbond substituents is 1. The highest BCUT2D eigenvalue weighted by Gasteiger charge is 2.20. The Labute approximate surface area is 90.7 Å². The average Bonchev–Trinajstić information content (AvgIpc) is 2.28. The van der Waals surface area contributed by atoms with E-state index in [0.29, 0.717) is 0 Å². The lowest BCUT2D eigenvalue weighted by atomic mass is 10.2. The van der Waals surface area contributed by atoms with Gasteiger partial charge in [-0.1, -0.05) is 0 Å².